The zero-order valence-corrected chi connectivity index (χ0v) is 18.3. The lowest BCUT2D eigenvalue weighted by atomic mass is 10.1. The molecule has 0 spiro atoms. The summed E-state index contributed by atoms with van der Waals surface area (Å²) in [5.74, 6) is 0.188. The molecule has 0 saturated carbocycles. The number of hydrogen-bond donors (Lipinski definition) is 0. The van der Waals surface area contributed by atoms with Crippen LogP contribution in [-0.4, -0.2) is 30.2 Å². The second kappa shape index (κ2) is 9.81. The zero-order valence-electron chi connectivity index (χ0n) is 17.5. The summed E-state index contributed by atoms with van der Waals surface area (Å²) >= 11 is 5.96. The Labute approximate surface area is 181 Å². The lowest BCUT2D eigenvalue weighted by Crippen LogP contribution is -2.14. The van der Waals surface area contributed by atoms with Crippen molar-refractivity contribution in [2.45, 2.75) is 39.5 Å². The van der Waals surface area contributed by atoms with Crippen LogP contribution in [-0.2, 0) is 16.0 Å². The monoisotopic (exact) mass is 426 g/mol. The predicted octanol–water partition coefficient (Wildman–Crippen LogP) is 5.58. The van der Waals surface area contributed by atoms with E-state index in [4.69, 9.17) is 21.1 Å². The lowest BCUT2D eigenvalue weighted by molar-refractivity contribution is -0.142. The van der Waals surface area contributed by atoms with E-state index >= 15 is 0 Å². The van der Waals surface area contributed by atoms with Gasteiger partial charge in [-0.15, -0.1) is 0 Å². The highest BCUT2D eigenvalue weighted by atomic mass is 35.5. The van der Waals surface area contributed by atoms with Crippen LogP contribution in [0.1, 0.15) is 47.8 Å². The Balaban J connectivity index is 1.99. The number of hydrogen-bond acceptors (Lipinski definition) is 4. The van der Waals surface area contributed by atoms with E-state index < -0.39 is 0 Å². The van der Waals surface area contributed by atoms with Crippen LogP contribution in [0.5, 0.6) is 5.75 Å². The molecule has 0 unspecified atom stereocenters. The second-order valence-electron chi connectivity index (χ2n) is 7.20. The Bertz CT molecular complexity index is 1050. The van der Waals surface area contributed by atoms with E-state index in [1.54, 1.807) is 42.0 Å². The number of aromatic nitrogens is 1. The molecule has 0 atom stereocenters. The minimum atomic E-state index is -0.296. The molecule has 3 rings (SSSR count). The van der Waals surface area contributed by atoms with E-state index in [0.29, 0.717) is 28.6 Å². The maximum Gasteiger partial charge on any atom is 0.310 e. The van der Waals surface area contributed by atoms with Gasteiger partial charge in [-0.05, 0) is 61.4 Å². The summed E-state index contributed by atoms with van der Waals surface area (Å²) < 4.78 is 12.4. The number of esters is 1. The van der Waals surface area contributed by atoms with Crippen LogP contribution in [0.25, 0.3) is 10.9 Å². The van der Waals surface area contributed by atoms with Gasteiger partial charge in [0.25, 0.3) is 5.91 Å². The Morgan fingerprint density at radius 1 is 1.07 bits per heavy atom. The average Bonchev–Trinajstić information content (AvgIpc) is 3.02. The van der Waals surface area contributed by atoms with E-state index in [9.17, 15) is 9.59 Å². The molecule has 1 heterocycles. The van der Waals surface area contributed by atoms with Gasteiger partial charge in [0.2, 0.25) is 0 Å². The summed E-state index contributed by atoms with van der Waals surface area (Å²) in [6.07, 6.45) is 3.05. The smallest absolute Gasteiger partial charge is 0.310 e. The van der Waals surface area contributed by atoms with E-state index in [1.165, 1.54) is 0 Å². The average molecular weight is 427 g/mol. The first-order valence-electron chi connectivity index (χ1n) is 10.1. The Hall–Kier alpha value is -2.79. The van der Waals surface area contributed by atoms with Crippen LogP contribution in [0.3, 0.4) is 0 Å². The van der Waals surface area contributed by atoms with Gasteiger partial charge in [0.05, 0.1) is 25.7 Å². The van der Waals surface area contributed by atoms with Crippen LogP contribution >= 0.6 is 11.6 Å². The molecular weight excluding hydrogens is 401 g/mol. The molecule has 0 radical (unpaired) electrons. The van der Waals surface area contributed by atoms with Crippen molar-refractivity contribution in [3.63, 3.8) is 0 Å². The maximum atomic E-state index is 13.3. The molecule has 30 heavy (non-hydrogen) atoms. The number of nitrogens with zero attached hydrogens (tertiary/aromatic N) is 1. The molecule has 0 saturated heterocycles. The lowest BCUT2D eigenvalue weighted by Gasteiger charge is -2.08. The summed E-state index contributed by atoms with van der Waals surface area (Å²) in [7, 11) is 1.59. The van der Waals surface area contributed by atoms with Gasteiger partial charge in [-0.1, -0.05) is 31.4 Å². The summed E-state index contributed by atoms with van der Waals surface area (Å²) in [5, 5.41) is 1.37. The second-order valence-corrected chi connectivity index (χ2v) is 7.64. The van der Waals surface area contributed by atoms with Crippen LogP contribution in [0.15, 0.2) is 42.5 Å². The number of rotatable bonds is 8. The number of fused-ring (bicyclic) bond motifs is 1. The molecule has 2 aromatic carbocycles. The zero-order chi connectivity index (χ0) is 21.7. The minimum Gasteiger partial charge on any atom is -0.497 e. The quantitative estimate of drug-likeness (QED) is 0.348. The third-order valence-corrected chi connectivity index (χ3v) is 5.42. The number of benzene rings is 2. The third kappa shape index (κ3) is 4.68. The van der Waals surface area contributed by atoms with Crippen molar-refractivity contribution in [3.05, 3.63) is 64.3 Å². The normalized spacial score (nSPS) is 10.9. The summed E-state index contributed by atoms with van der Waals surface area (Å²) in [4.78, 5) is 25.7. The fraction of sp³-hybridized carbons (Fsp3) is 0.333. The van der Waals surface area contributed by atoms with Gasteiger partial charge in [-0.3, -0.25) is 14.2 Å². The summed E-state index contributed by atoms with van der Waals surface area (Å²) in [6.45, 7) is 4.36. The molecule has 3 aromatic rings. The number of carbonyl (C=O) groups is 2. The van der Waals surface area contributed by atoms with Crippen LogP contribution < -0.4 is 4.74 Å². The summed E-state index contributed by atoms with van der Waals surface area (Å²) in [5.41, 5.74) is 2.72. The van der Waals surface area contributed by atoms with Crippen molar-refractivity contribution < 1.29 is 19.1 Å². The predicted molar refractivity (Wildman–Crippen MR) is 119 cm³/mol. The first-order valence-corrected chi connectivity index (χ1v) is 10.5. The number of carbonyl (C=O) groups excluding carboxylic acids is 2. The van der Waals surface area contributed by atoms with Gasteiger partial charge in [0.15, 0.2) is 0 Å². The van der Waals surface area contributed by atoms with Crippen LogP contribution in [0, 0.1) is 6.92 Å². The molecule has 0 N–H and O–H groups in total. The highest BCUT2D eigenvalue weighted by Gasteiger charge is 2.22. The van der Waals surface area contributed by atoms with Crippen molar-refractivity contribution in [3.8, 4) is 5.75 Å². The van der Waals surface area contributed by atoms with E-state index in [-0.39, 0.29) is 18.3 Å². The Kier molecular flexibility index (Phi) is 7.16. The highest BCUT2D eigenvalue weighted by molar-refractivity contribution is 6.30. The summed E-state index contributed by atoms with van der Waals surface area (Å²) in [6, 6.07) is 12.3. The Morgan fingerprint density at radius 3 is 2.47 bits per heavy atom. The molecule has 0 amide bonds. The molecule has 5 nitrogen and oxygen atoms in total. The van der Waals surface area contributed by atoms with Crippen molar-refractivity contribution in [1.82, 2.24) is 4.57 Å². The first-order chi connectivity index (χ1) is 14.5. The minimum absolute atomic E-state index is 0.0997. The van der Waals surface area contributed by atoms with Gasteiger partial charge in [0.1, 0.15) is 5.75 Å². The van der Waals surface area contributed by atoms with E-state index in [1.807, 2.05) is 19.1 Å². The topological polar surface area (TPSA) is 57.5 Å². The van der Waals surface area contributed by atoms with Gasteiger partial charge < -0.3 is 9.47 Å². The first kappa shape index (κ1) is 21.9. The number of methoxy groups -OCH3 is 1. The van der Waals surface area contributed by atoms with Crippen molar-refractivity contribution in [2.75, 3.05) is 13.7 Å². The number of ether oxygens (including phenoxy) is 2. The largest absolute Gasteiger partial charge is 0.497 e. The molecule has 6 heteroatoms. The molecule has 0 aliphatic carbocycles. The van der Waals surface area contributed by atoms with Crippen molar-refractivity contribution >= 4 is 34.4 Å². The van der Waals surface area contributed by atoms with Gasteiger partial charge in [-0.2, -0.15) is 0 Å². The highest BCUT2D eigenvalue weighted by Crippen LogP contribution is 2.31. The maximum absolute atomic E-state index is 13.3. The van der Waals surface area contributed by atoms with Gasteiger partial charge in [-0.25, -0.2) is 0 Å². The fourth-order valence-electron chi connectivity index (χ4n) is 3.53. The van der Waals surface area contributed by atoms with Crippen molar-refractivity contribution in [2.24, 2.45) is 0 Å². The fourth-order valence-corrected chi connectivity index (χ4v) is 3.66. The SMILES string of the molecule is CCCCCOC(=O)Cc1c(C)n(C(=O)c2ccc(Cl)cc2)c2ccc(O[11CH3])cc12. The van der Waals surface area contributed by atoms with Gasteiger partial charge in [0, 0.05) is 21.7 Å². The van der Waals surface area contributed by atoms with E-state index in [2.05, 4.69) is 6.92 Å². The third-order valence-electron chi connectivity index (χ3n) is 5.17. The molecular formula is C24H26ClNO4. The van der Waals surface area contributed by atoms with Crippen LogP contribution in [0.2, 0.25) is 5.02 Å². The molecule has 1 aromatic heterocycles. The molecule has 0 aliphatic heterocycles. The van der Waals surface area contributed by atoms with Crippen LogP contribution in [0.4, 0.5) is 0 Å². The molecule has 0 fully saturated rings. The standard InChI is InChI=1S/C24H26ClNO4/c1-4-5-6-13-30-23(27)15-20-16(2)26(22-12-11-19(29-3)14-21(20)22)24(28)17-7-9-18(25)10-8-17/h7-12,14H,4-6,13,15H2,1-3H3/i3-1. The van der Waals surface area contributed by atoms with Gasteiger partial charge >= 0.3 is 5.97 Å². The molecule has 0 aliphatic rings. The number of halogens is 1. The molecule has 0 bridgehead atoms. The number of unbranched alkanes of at least 4 members (excludes halogenated alkanes) is 2. The molecule has 158 valence electrons. The van der Waals surface area contributed by atoms with E-state index in [0.717, 1.165) is 35.7 Å². The van der Waals surface area contributed by atoms with Crippen molar-refractivity contribution in [1.29, 1.82) is 0 Å². The Morgan fingerprint density at radius 2 is 1.80 bits per heavy atom.